The van der Waals surface area contributed by atoms with Crippen molar-refractivity contribution in [3.05, 3.63) is 65.7 Å². The summed E-state index contributed by atoms with van der Waals surface area (Å²) in [5.74, 6) is 0.867. The highest BCUT2D eigenvalue weighted by Gasteiger charge is 1.95. The molecule has 3 nitrogen and oxygen atoms in total. The summed E-state index contributed by atoms with van der Waals surface area (Å²) < 4.78 is 5.72. The molecule has 0 saturated heterocycles. The summed E-state index contributed by atoms with van der Waals surface area (Å²) in [5.41, 5.74) is 2.22. The van der Waals surface area contributed by atoms with Crippen LogP contribution >= 0.6 is 0 Å². The Kier molecular flexibility index (Phi) is 4.56. The molecule has 0 radical (unpaired) electrons. The minimum absolute atomic E-state index is 0.589. The molecule has 0 saturated carbocycles. The van der Waals surface area contributed by atoms with Crippen molar-refractivity contribution in [2.45, 2.75) is 6.61 Å². The number of benzene rings is 2. The predicted molar refractivity (Wildman–Crippen MR) is 78.5 cm³/mol. The Hall–Kier alpha value is -2.29. The molecule has 0 N–H and O–H groups in total. The number of nitrogens with zero attached hydrogens (tertiary/aromatic N) is 2. The fraction of sp³-hybridized carbons (Fsp3) is 0.188. The fourth-order valence-electron chi connectivity index (χ4n) is 1.57. The molecule has 3 heteroatoms. The third-order valence-corrected chi connectivity index (χ3v) is 2.57. The quantitative estimate of drug-likeness (QED) is 0.605. The smallest absolute Gasteiger partial charge is 0.119 e. The van der Waals surface area contributed by atoms with Gasteiger partial charge in [0, 0.05) is 14.1 Å². The summed E-state index contributed by atoms with van der Waals surface area (Å²) >= 11 is 0. The standard InChI is InChI=1S/C16H18N2O/c1-18(2)17-12-14-8-10-16(11-9-14)19-13-15-6-4-3-5-7-15/h3-12H,13H2,1-2H3/b17-12-. The lowest BCUT2D eigenvalue weighted by molar-refractivity contribution is 0.306. The van der Waals surface area contributed by atoms with Gasteiger partial charge < -0.3 is 9.75 Å². The van der Waals surface area contributed by atoms with Crippen LogP contribution < -0.4 is 4.74 Å². The monoisotopic (exact) mass is 254 g/mol. The molecule has 0 atom stereocenters. The van der Waals surface area contributed by atoms with Gasteiger partial charge in [0.1, 0.15) is 12.4 Å². The molecule has 0 heterocycles. The summed E-state index contributed by atoms with van der Waals surface area (Å²) in [6.07, 6.45) is 1.82. The van der Waals surface area contributed by atoms with Crippen molar-refractivity contribution >= 4 is 6.21 Å². The van der Waals surface area contributed by atoms with E-state index < -0.39 is 0 Å². The van der Waals surface area contributed by atoms with Gasteiger partial charge in [0.25, 0.3) is 0 Å². The van der Waals surface area contributed by atoms with Gasteiger partial charge in [-0.1, -0.05) is 30.3 Å². The van der Waals surface area contributed by atoms with E-state index >= 15 is 0 Å². The lowest BCUT2D eigenvalue weighted by Crippen LogP contribution is -2.01. The molecule has 2 rings (SSSR count). The van der Waals surface area contributed by atoms with Crippen molar-refractivity contribution < 1.29 is 4.74 Å². The molecule has 2 aromatic carbocycles. The minimum atomic E-state index is 0.589. The average molecular weight is 254 g/mol. The SMILES string of the molecule is CN(C)/N=C\c1ccc(OCc2ccccc2)cc1. The van der Waals surface area contributed by atoms with E-state index in [1.54, 1.807) is 5.01 Å². The molecule has 0 unspecified atom stereocenters. The fourth-order valence-corrected chi connectivity index (χ4v) is 1.57. The maximum absolute atomic E-state index is 5.72. The van der Waals surface area contributed by atoms with E-state index in [2.05, 4.69) is 17.2 Å². The zero-order valence-electron chi connectivity index (χ0n) is 11.3. The molecule has 0 spiro atoms. The van der Waals surface area contributed by atoms with Gasteiger partial charge >= 0.3 is 0 Å². The molecule has 0 fully saturated rings. The molecular formula is C16H18N2O. The summed E-state index contributed by atoms with van der Waals surface area (Å²) in [7, 11) is 3.79. The maximum atomic E-state index is 5.72. The van der Waals surface area contributed by atoms with Crippen LogP contribution in [0.1, 0.15) is 11.1 Å². The van der Waals surface area contributed by atoms with Crippen molar-refractivity contribution in [1.82, 2.24) is 5.01 Å². The van der Waals surface area contributed by atoms with E-state index in [0.717, 1.165) is 11.3 Å². The number of rotatable bonds is 5. The van der Waals surface area contributed by atoms with Gasteiger partial charge in [0.15, 0.2) is 0 Å². The highest BCUT2D eigenvalue weighted by molar-refractivity contribution is 5.79. The normalized spacial score (nSPS) is 10.6. The van der Waals surface area contributed by atoms with Crippen molar-refractivity contribution in [2.75, 3.05) is 14.1 Å². The highest BCUT2D eigenvalue weighted by atomic mass is 16.5. The van der Waals surface area contributed by atoms with Gasteiger partial charge in [-0.15, -0.1) is 0 Å². The van der Waals surface area contributed by atoms with E-state index in [0.29, 0.717) is 6.61 Å². The Labute approximate surface area is 114 Å². The van der Waals surface area contributed by atoms with E-state index in [-0.39, 0.29) is 0 Å². The van der Waals surface area contributed by atoms with Crippen molar-refractivity contribution in [1.29, 1.82) is 0 Å². The molecule has 98 valence electrons. The van der Waals surface area contributed by atoms with Crippen LogP contribution in [-0.4, -0.2) is 25.3 Å². The Balaban J connectivity index is 1.92. The molecule has 0 aliphatic rings. The van der Waals surface area contributed by atoms with Crippen molar-refractivity contribution in [3.63, 3.8) is 0 Å². The van der Waals surface area contributed by atoms with Gasteiger partial charge in [-0.25, -0.2) is 0 Å². The van der Waals surface area contributed by atoms with Gasteiger partial charge in [-0.05, 0) is 35.4 Å². The summed E-state index contributed by atoms with van der Waals surface area (Å²) in [6, 6.07) is 18.0. The summed E-state index contributed by atoms with van der Waals surface area (Å²) in [6.45, 7) is 0.589. The topological polar surface area (TPSA) is 24.8 Å². The van der Waals surface area contributed by atoms with Gasteiger partial charge in [-0.2, -0.15) is 5.10 Å². The molecule has 0 aromatic heterocycles. The van der Waals surface area contributed by atoms with Gasteiger partial charge in [-0.3, -0.25) is 0 Å². The van der Waals surface area contributed by atoms with Crippen molar-refractivity contribution in [3.8, 4) is 5.75 Å². The second-order valence-electron chi connectivity index (χ2n) is 4.44. The highest BCUT2D eigenvalue weighted by Crippen LogP contribution is 2.13. The van der Waals surface area contributed by atoms with Crippen LogP contribution in [0.25, 0.3) is 0 Å². The minimum Gasteiger partial charge on any atom is -0.489 e. The largest absolute Gasteiger partial charge is 0.489 e. The van der Waals surface area contributed by atoms with E-state index in [4.69, 9.17) is 4.74 Å². The van der Waals surface area contributed by atoms with Crippen LogP contribution in [0.15, 0.2) is 59.7 Å². The molecule has 0 bridgehead atoms. The van der Waals surface area contributed by atoms with Gasteiger partial charge in [0.2, 0.25) is 0 Å². The molecule has 19 heavy (non-hydrogen) atoms. The van der Waals surface area contributed by atoms with E-state index in [1.165, 1.54) is 5.56 Å². The summed E-state index contributed by atoms with van der Waals surface area (Å²) in [5, 5.41) is 5.95. The van der Waals surface area contributed by atoms with Crippen LogP contribution in [0.5, 0.6) is 5.75 Å². The van der Waals surface area contributed by atoms with Crippen LogP contribution in [0.2, 0.25) is 0 Å². The van der Waals surface area contributed by atoms with E-state index in [1.807, 2.05) is 62.8 Å². The first-order valence-corrected chi connectivity index (χ1v) is 6.22. The van der Waals surface area contributed by atoms with E-state index in [9.17, 15) is 0 Å². The number of hydrogen-bond acceptors (Lipinski definition) is 3. The molecule has 0 amide bonds. The zero-order valence-corrected chi connectivity index (χ0v) is 11.3. The van der Waals surface area contributed by atoms with Crippen molar-refractivity contribution in [2.24, 2.45) is 5.10 Å². The maximum Gasteiger partial charge on any atom is 0.119 e. The average Bonchev–Trinajstić information content (AvgIpc) is 2.45. The number of hydrogen-bond donors (Lipinski definition) is 0. The molecular weight excluding hydrogens is 236 g/mol. The third-order valence-electron chi connectivity index (χ3n) is 2.57. The zero-order chi connectivity index (χ0) is 13.5. The first-order chi connectivity index (χ1) is 9.24. The molecule has 2 aromatic rings. The lowest BCUT2D eigenvalue weighted by Gasteiger charge is -2.06. The Morgan fingerprint density at radius 1 is 1.00 bits per heavy atom. The summed E-state index contributed by atoms with van der Waals surface area (Å²) in [4.78, 5) is 0. The Bertz CT molecular complexity index is 518. The molecule has 0 aliphatic carbocycles. The van der Waals surface area contributed by atoms with Gasteiger partial charge in [0.05, 0.1) is 6.21 Å². The second kappa shape index (κ2) is 6.59. The third kappa shape index (κ3) is 4.47. The first kappa shape index (κ1) is 13.1. The number of hydrazone groups is 1. The Morgan fingerprint density at radius 2 is 1.68 bits per heavy atom. The lowest BCUT2D eigenvalue weighted by atomic mass is 10.2. The first-order valence-electron chi connectivity index (χ1n) is 6.22. The Morgan fingerprint density at radius 3 is 2.32 bits per heavy atom. The predicted octanol–water partition coefficient (Wildman–Crippen LogP) is 3.16. The number of ether oxygens (including phenoxy) is 1. The van der Waals surface area contributed by atoms with Crippen LogP contribution in [0.3, 0.4) is 0 Å². The van der Waals surface area contributed by atoms with Crippen LogP contribution in [0.4, 0.5) is 0 Å². The van der Waals surface area contributed by atoms with Crippen LogP contribution in [-0.2, 0) is 6.61 Å². The second-order valence-corrected chi connectivity index (χ2v) is 4.44. The van der Waals surface area contributed by atoms with Crippen LogP contribution in [0, 0.1) is 0 Å². The molecule has 0 aliphatic heterocycles.